The van der Waals surface area contributed by atoms with E-state index in [0.717, 1.165) is 12.8 Å². The predicted molar refractivity (Wildman–Crippen MR) is 73.7 cm³/mol. The Bertz CT molecular complexity index is 520. The van der Waals surface area contributed by atoms with Crippen LogP contribution in [0, 0.1) is 0 Å². The molecule has 0 radical (unpaired) electrons. The van der Waals surface area contributed by atoms with Gasteiger partial charge in [-0.05, 0) is 31.0 Å². The van der Waals surface area contributed by atoms with Gasteiger partial charge in [0, 0.05) is 30.3 Å². The number of morpholine rings is 1. The van der Waals surface area contributed by atoms with Crippen molar-refractivity contribution in [2.75, 3.05) is 26.3 Å². The zero-order valence-corrected chi connectivity index (χ0v) is 11.3. The smallest absolute Gasteiger partial charge is 0.254 e. The number of carbonyl (C=O) groups excluding carboxylic acids is 2. The molecule has 0 bridgehead atoms. The van der Waals surface area contributed by atoms with Gasteiger partial charge in [-0.25, -0.2) is 0 Å². The first-order valence-electron chi connectivity index (χ1n) is 7.02. The quantitative estimate of drug-likeness (QED) is 0.896. The summed E-state index contributed by atoms with van der Waals surface area (Å²) >= 11 is 0. The molecule has 106 valence electrons. The van der Waals surface area contributed by atoms with Crippen LogP contribution in [0.25, 0.3) is 0 Å². The summed E-state index contributed by atoms with van der Waals surface area (Å²) in [7, 11) is 0. The van der Waals surface area contributed by atoms with Crippen LogP contribution in [-0.4, -0.2) is 49.1 Å². The highest BCUT2D eigenvalue weighted by Gasteiger charge is 2.24. The minimum absolute atomic E-state index is 0.0330. The Morgan fingerprint density at radius 1 is 1.15 bits per heavy atom. The second-order valence-electron chi connectivity index (χ2n) is 5.23. The van der Waals surface area contributed by atoms with Crippen LogP contribution in [0.1, 0.15) is 33.6 Å². The summed E-state index contributed by atoms with van der Waals surface area (Å²) in [6, 6.07) is 7.26. The minimum atomic E-state index is -0.0934. The van der Waals surface area contributed by atoms with Gasteiger partial charge in [0.05, 0.1) is 13.2 Å². The Balaban J connectivity index is 1.72. The number of hydrogen-bond acceptors (Lipinski definition) is 3. The van der Waals surface area contributed by atoms with E-state index in [1.54, 1.807) is 29.2 Å². The lowest BCUT2D eigenvalue weighted by Crippen LogP contribution is -2.40. The minimum Gasteiger partial charge on any atom is -0.378 e. The fraction of sp³-hybridized carbons (Fsp3) is 0.467. The van der Waals surface area contributed by atoms with E-state index in [4.69, 9.17) is 4.74 Å². The Hall–Kier alpha value is -1.88. The molecule has 1 heterocycles. The molecule has 20 heavy (non-hydrogen) atoms. The molecule has 5 nitrogen and oxygen atoms in total. The summed E-state index contributed by atoms with van der Waals surface area (Å²) in [6.07, 6.45) is 2.11. The van der Waals surface area contributed by atoms with Crippen molar-refractivity contribution in [2.24, 2.45) is 0 Å². The third-order valence-corrected chi connectivity index (χ3v) is 3.58. The van der Waals surface area contributed by atoms with E-state index < -0.39 is 0 Å². The lowest BCUT2D eigenvalue weighted by molar-refractivity contribution is 0.0303. The average molecular weight is 274 g/mol. The molecule has 0 spiro atoms. The van der Waals surface area contributed by atoms with Crippen molar-refractivity contribution in [3.63, 3.8) is 0 Å². The maximum absolute atomic E-state index is 12.3. The standard InChI is InChI=1S/C15H18N2O3/c18-14(16-13-4-5-13)11-2-1-3-12(10-11)15(19)17-6-8-20-9-7-17/h1-3,10,13H,4-9H2,(H,16,18). The zero-order valence-electron chi connectivity index (χ0n) is 11.3. The normalized spacial score (nSPS) is 18.7. The summed E-state index contributed by atoms with van der Waals surface area (Å²) in [5.41, 5.74) is 1.12. The van der Waals surface area contributed by atoms with Crippen molar-refractivity contribution in [3.05, 3.63) is 35.4 Å². The number of ether oxygens (including phenoxy) is 1. The first-order chi connectivity index (χ1) is 9.74. The van der Waals surface area contributed by atoms with Crippen LogP contribution >= 0.6 is 0 Å². The van der Waals surface area contributed by atoms with Gasteiger partial charge >= 0.3 is 0 Å². The Labute approximate surface area is 117 Å². The fourth-order valence-corrected chi connectivity index (χ4v) is 2.24. The SMILES string of the molecule is O=C(NC1CC1)c1cccc(C(=O)N2CCOCC2)c1. The first kappa shape index (κ1) is 13.1. The van der Waals surface area contributed by atoms with Gasteiger partial charge in [0.25, 0.3) is 11.8 Å². The van der Waals surface area contributed by atoms with Crippen LogP contribution in [0.4, 0.5) is 0 Å². The van der Waals surface area contributed by atoms with E-state index >= 15 is 0 Å². The van der Waals surface area contributed by atoms with Crippen molar-refractivity contribution >= 4 is 11.8 Å². The van der Waals surface area contributed by atoms with Gasteiger partial charge in [-0.1, -0.05) is 6.07 Å². The Kier molecular flexibility index (Phi) is 3.69. The van der Waals surface area contributed by atoms with E-state index in [0.29, 0.717) is 43.5 Å². The van der Waals surface area contributed by atoms with Crippen LogP contribution in [0.2, 0.25) is 0 Å². The van der Waals surface area contributed by atoms with Gasteiger partial charge in [0.15, 0.2) is 0 Å². The van der Waals surface area contributed by atoms with Crippen molar-refractivity contribution in [1.29, 1.82) is 0 Å². The number of carbonyl (C=O) groups is 2. The van der Waals surface area contributed by atoms with E-state index in [2.05, 4.69) is 5.32 Å². The average Bonchev–Trinajstić information content (AvgIpc) is 3.31. The number of hydrogen-bond donors (Lipinski definition) is 1. The molecule has 1 aliphatic carbocycles. The number of amides is 2. The molecule has 0 unspecified atom stereocenters. The van der Waals surface area contributed by atoms with Crippen LogP contribution in [-0.2, 0) is 4.74 Å². The summed E-state index contributed by atoms with van der Waals surface area (Å²) < 4.78 is 5.24. The van der Waals surface area contributed by atoms with Crippen molar-refractivity contribution < 1.29 is 14.3 Å². The van der Waals surface area contributed by atoms with Crippen LogP contribution in [0.5, 0.6) is 0 Å². The lowest BCUT2D eigenvalue weighted by atomic mass is 10.1. The van der Waals surface area contributed by atoms with Crippen LogP contribution in [0.3, 0.4) is 0 Å². The summed E-state index contributed by atoms with van der Waals surface area (Å²) in [5.74, 6) is -0.126. The van der Waals surface area contributed by atoms with Crippen molar-refractivity contribution in [1.82, 2.24) is 10.2 Å². The highest BCUT2D eigenvalue weighted by atomic mass is 16.5. The first-order valence-corrected chi connectivity index (χ1v) is 7.02. The Morgan fingerprint density at radius 2 is 1.85 bits per heavy atom. The Morgan fingerprint density at radius 3 is 2.55 bits per heavy atom. The molecule has 0 atom stereocenters. The lowest BCUT2D eigenvalue weighted by Gasteiger charge is -2.27. The predicted octanol–water partition coefficient (Wildman–Crippen LogP) is 1.05. The third-order valence-electron chi connectivity index (χ3n) is 3.58. The maximum atomic E-state index is 12.3. The zero-order chi connectivity index (χ0) is 13.9. The monoisotopic (exact) mass is 274 g/mol. The second kappa shape index (κ2) is 5.63. The van der Waals surface area contributed by atoms with Gasteiger partial charge in [-0.2, -0.15) is 0 Å². The fourth-order valence-electron chi connectivity index (χ4n) is 2.24. The summed E-state index contributed by atoms with van der Waals surface area (Å²) in [5, 5.41) is 2.93. The number of rotatable bonds is 3. The molecule has 5 heteroatoms. The molecule has 0 aromatic heterocycles. The van der Waals surface area contributed by atoms with E-state index in [-0.39, 0.29) is 11.8 Å². The molecular formula is C15H18N2O3. The van der Waals surface area contributed by atoms with Gasteiger partial charge in [0.2, 0.25) is 0 Å². The number of nitrogens with zero attached hydrogens (tertiary/aromatic N) is 1. The molecule has 2 amide bonds. The van der Waals surface area contributed by atoms with Crippen molar-refractivity contribution in [3.8, 4) is 0 Å². The van der Waals surface area contributed by atoms with Gasteiger partial charge in [-0.3, -0.25) is 9.59 Å². The molecule has 1 N–H and O–H groups in total. The molecule has 1 saturated heterocycles. The molecule has 1 saturated carbocycles. The molecular weight excluding hydrogens is 256 g/mol. The van der Waals surface area contributed by atoms with Gasteiger partial charge in [-0.15, -0.1) is 0 Å². The maximum Gasteiger partial charge on any atom is 0.254 e. The highest BCUT2D eigenvalue weighted by molar-refractivity contribution is 5.99. The van der Waals surface area contributed by atoms with Crippen LogP contribution in [0.15, 0.2) is 24.3 Å². The van der Waals surface area contributed by atoms with E-state index in [1.807, 2.05) is 0 Å². The topological polar surface area (TPSA) is 58.6 Å². The van der Waals surface area contributed by atoms with Crippen molar-refractivity contribution in [2.45, 2.75) is 18.9 Å². The molecule has 2 fully saturated rings. The second-order valence-corrected chi connectivity index (χ2v) is 5.23. The molecule has 1 aliphatic heterocycles. The molecule has 2 aliphatic rings. The largest absolute Gasteiger partial charge is 0.378 e. The number of nitrogens with one attached hydrogen (secondary N) is 1. The van der Waals surface area contributed by atoms with Gasteiger partial charge in [0.1, 0.15) is 0 Å². The van der Waals surface area contributed by atoms with E-state index in [9.17, 15) is 9.59 Å². The van der Waals surface area contributed by atoms with Crippen LogP contribution < -0.4 is 5.32 Å². The third kappa shape index (κ3) is 2.99. The van der Waals surface area contributed by atoms with Gasteiger partial charge < -0.3 is 15.0 Å². The summed E-state index contributed by atoms with van der Waals surface area (Å²) in [6.45, 7) is 2.37. The van der Waals surface area contributed by atoms with E-state index in [1.165, 1.54) is 0 Å². The summed E-state index contributed by atoms with van der Waals surface area (Å²) in [4.78, 5) is 26.1. The molecule has 1 aromatic rings. The molecule has 1 aromatic carbocycles. The highest BCUT2D eigenvalue weighted by Crippen LogP contribution is 2.19. The molecule has 3 rings (SSSR count). The number of benzene rings is 1.